The summed E-state index contributed by atoms with van der Waals surface area (Å²) in [6.07, 6.45) is -1.35. The second-order valence-electron chi connectivity index (χ2n) is 8.11. The molecule has 0 aliphatic carbocycles. The number of hydrogen-bond acceptors (Lipinski definition) is 4. The minimum Gasteiger partial charge on any atom is -0.465 e. The zero-order valence-electron chi connectivity index (χ0n) is 19.2. The third-order valence-corrected chi connectivity index (χ3v) is 5.75. The number of carboxylic acid groups (broad SMARTS) is 1. The van der Waals surface area contributed by atoms with Crippen LogP contribution in [-0.2, 0) is 4.79 Å². The van der Waals surface area contributed by atoms with E-state index in [4.69, 9.17) is 4.52 Å². The number of hydrogen-bond donors (Lipinski definition) is 3. The molecule has 0 radical (unpaired) electrons. The van der Waals surface area contributed by atoms with E-state index in [0.717, 1.165) is 11.1 Å². The predicted molar refractivity (Wildman–Crippen MR) is 130 cm³/mol. The standard InChI is InChI=1S/C27H24FN3O4/c1-16-23(17(2)35-31-16)21-14-13-20(15-22(21)28)29-26(32)25(30-27(33)34)24(18-9-5-3-6-10-18)19-11-7-4-8-12-19/h3-15,24-25,30H,1-2H3,(H,29,32)(H,33,34). The number of carbonyl (C=O) groups is 2. The molecule has 0 aliphatic rings. The first-order valence-corrected chi connectivity index (χ1v) is 11.0. The van der Waals surface area contributed by atoms with E-state index >= 15 is 0 Å². The van der Waals surface area contributed by atoms with Crippen molar-refractivity contribution in [2.45, 2.75) is 25.8 Å². The van der Waals surface area contributed by atoms with Gasteiger partial charge < -0.3 is 20.3 Å². The molecule has 0 fully saturated rings. The zero-order chi connectivity index (χ0) is 24.9. The van der Waals surface area contributed by atoms with Crippen molar-refractivity contribution >= 4 is 17.7 Å². The van der Waals surface area contributed by atoms with Gasteiger partial charge >= 0.3 is 6.09 Å². The number of amides is 2. The van der Waals surface area contributed by atoms with Gasteiger partial charge in [0.05, 0.1) is 11.3 Å². The summed E-state index contributed by atoms with van der Waals surface area (Å²) >= 11 is 0. The van der Waals surface area contributed by atoms with Crippen LogP contribution < -0.4 is 10.6 Å². The quantitative estimate of drug-likeness (QED) is 0.329. The number of nitrogens with one attached hydrogen (secondary N) is 2. The molecule has 2 amide bonds. The van der Waals surface area contributed by atoms with Gasteiger partial charge in [-0.05, 0) is 43.2 Å². The smallest absolute Gasteiger partial charge is 0.405 e. The highest BCUT2D eigenvalue weighted by atomic mass is 19.1. The van der Waals surface area contributed by atoms with Crippen LogP contribution in [0.1, 0.15) is 28.5 Å². The average molecular weight is 474 g/mol. The predicted octanol–water partition coefficient (Wildman–Crippen LogP) is 5.50. The third-order valence-electron chi connectivity index (χ3n) is 5.75. The Bertz CT molecular complexity index is 1280. The third kappa shape index (κ3) is 5.22. The number of nitrogens with zero attached hydrogens (tertiary/aromatic N) is 1. The molecular weight excluding hydrogens is 449 g/mol. The summed E-state index contributed by atoms with van der Waals surface area (Å²) in [7, 11) is 0. The molecule has 4 aromatic rings. The van der Waals surface area contributed by atoms with Crippen molar-refractivity contribution in [2.75, 3.05) is 5.32 Å². The molecule has 3 N–H and O–H groups in total. The fourth-order valence-electron chi connectivity index (χ4n) is 4.21. The van der Waals surface area contributed by atoms with Crippen molar-refractivity contribution in [2.24, 2.45) is 0 Å². The molecule has 8 heteroatoms. The maximum absolute atomic E-state index is 15.0. The molecule has 3 aromatic carbocycles. The van der Waals surface area contributed by atoms with Gasteiger partial charge in [-0.2, -0.15) is 0 Å². The number of aryl methyl sites for hydroxylation is 2. The van der Waals surface area contributed by atoms with Crippen LogP contribution in [0.15, 0.2) is 83.4 Å². The van der Waals surface area contributed by atoms with Gasteiger partial charge in [-0.3, -0.25) is 4.79 Å². The van der Waals surface area contributed by atoms with Crippen molar-refractivity contribution in [1.82, 2.24) is 10.5 Å². The molecule has 1 heterocycles. The Balaban J connectivity index is 1.67. The minimum absolute atomic E-state index is 0.195. The molecule has 0 aliphatic heterocycles. The van der Waals surface area contributed by atoms with Crippen LogP contribution in [-0.4, -0.2) is 28.3 Å². The topological polar surface area (TPSA) is 104 Å². The van der Waals surface area contributed by atoms with Crippen LogP contribution >= 0.6 is 0 Å². The Kier molecular flexibility index (Phi) is 6.91. The van der Waals surface area contributed by atoms with Gasteiger partial charge in [-0.25, -0.2) is 9.18 Å². The SMILES string of the molecule is Cc1noc(C)c1-c1ccc(NC(=O)C(NC(=O)O)C(c2ccccc2)c2ccccc2)cc1F. The second-order valence-corrected chi connectivity index (χ2v) is 8.11. The molecule has 0 saturated carbocycles. The molecule has 7 nitrogen and oxygen atoms in total. The summed E-state index contributed by atoms with van der Waals surface area (Å²) in [5.74, 6) is -1.31. The average Bonchev–Trinajstić information content (AvgIpc) is 3.17. The Morgan fingerprint density at radius 1 is 0.943 bits per heavy atom. The van der Waals surface area contributed by atoms with Gasteiger partial charge in [0.2, 0.25) is 5.91 Å². The van der Waals surface area contributed by atoms with E-state index < -0.39 is 29.8 Å². The van der Waals surface area contributed by atoms with E-state index in [-0.39, 0.29) is 5.69 Å². The van der Waals surface area contributed by atoms with Gasteiger partial charge in [0.15, 0.2) is 0 Å². The Hall–Kier alpha value is -4.46. The molecule has 4 rings (SSSR count). The second kappa shape index (κ2) is 10.2. The minimum atomic E-state index is -1.35. The van der Waals surface area contributed by atoms with Gasteiger partial charge in [0, 0.05) is 17.2 Å². The number of aromatic nitrogens is 1. The van der Waals surface area contributed by atoms with Crippen LogP contribution in [0, 0.1) is 19.7 Å². The van der Waals surface area contributed by atoms with Crippen LogP contribution in [0.3, 0.4) is 0 Å². The Morgan fingerprint density at radius 3 is 2.03 bits per heavy atom. The first-order valence-electron chi connectivity index (χ1n) is 11.0. The Morgan fingerprint density at radius 2 is 1.54 bits per heavy atom. The van der Waals surface area contributed by atoms with Crippen LogP contribution in [0.2, 0.25) is 0 Å². The summed E-state index contributed by atoms with van der Waals surface area (Å²) < 4.78 is 20.1. The van der Waals surface area contributed by atoms with Crippen LogP contribution in [0.4, 0.5) is 14.9 Å². The lowest BCUT2D eigenvalue weighted by atomic mass is 9.84. The Labute approximate surface area is 201 Å². The van der Waals surface area contributed by atoms with Crippen LogP contribution in [0.5, 0.6) is 0 Å². The van der Waals surface area contributed by atoms with E-state index in [1.807, 2.05) is 60.7 Å². The molecule has 0 bridgehead atoms. The normalized spacial score (nSPS) is 11.8. The maximum atomic E-state index is 15.0. The number of carbonyl (C=O) groups excluding carboxylic acids is 1. The number of rotatable bonds is 7. The molecular formula is C27H24FN3O4. The van der Waals surface area contributed by atoms with E-state index in [1.165, 1.54) is 12.1 Å². The fourth-order valence-corrected chi connectivity index (χ4v) is 4.21. The lowest BCUT2D eigenvalue weighted by Gasteiger charge is -2.27. The number of benzene rings is 3. The summed E-state index contributed by atoms with van der Waals surface area (Å²) in [6, 6.07) is 21.4. The molecule has 0 saturated heterocycles. The highest BCUT2D eigenvalue weighted by Crippen LogP contribution is 2.32. The van der Waals surface area contributed by atoms with Crippen molar-refractivity contribution in [3.05, 3.63) is 107 Å². The summed E-state index contributed by atoms with van der Waals surface area (Å²) in [6.45, 7) is 3.41. The van der Waals surface area contributed by atoms with E-state index in [0.29, 0.717) is 22.6 Å². The highest BCUT2D eigenvalue weighted by molar-refractivity contribution is 5.97. The lowest BCUT2D eigenvalue weighted by molar-refractivity contribution is -0.118. The molecule has 1 atom stereocenters. The lowest BCUT2D eigenvalue weighted by Crippen LogP contribution is -2.47. The largest absolute Gasteiger partial charge is 0.465 e. The molecule has 0 spiro atoms. The van der Waals surface area contributed by atoms with Gasteiger partial charge in [0.1, 0.15) is 17.6 Å². The first kappa shape index (κ1) is 23.7. The summed E-state index contributed by atoms with van der Waals surface area (Å²) in [5.41, 5.74) is 3.11. The number of anilines is 1. The van der Waals surface area contributed by atoms with Crippen molar-refractivity contribution in [3.63, 3.8) is 0 Å². The van der Waals surface area contributed by atoms with Crippen molar-refractivity contribution in [3.8, 4) is 11.1 Å². The van der Waals surface area contributed by atoms with Crippen molar-refractivity contribution in [1.29, 1.82) is 0 Å². The van der Waals surface area contributed by atoms with Gasteiger partial charge in [-0.1, -0.05) is 65.8 Å². The summed E-state index contributed by atoms with van der Waals surface area (Å²) in [4.78, 5) is 25.0. The summed E-state index contributed by atoms with van der Waals surface area (Å²) in [5, 5.41) is 18.4. The highest BCUT2D eigenvalue weighted by Gasteiger charge is 2.32. The molecule has 178 valence electrons. The molecule has 35 heavy (non-hydrogen) atoms. The van der Waals surface area contributed by atoms with E-state index in [1.54, 1.807) is 19.9 Å². The van der Waals surface area contributed by atoms with E-state index in [2.05, 4.69) is 15.8 Å². The first-order chi connectivity index (χ1) is 16.8. The van der Waals surface area contributed by atoms with E-state index in [9.17, 15) is 19.1 Å². The molecule has 1 aromatic heterocycles. The van der Waals surface area contributed by atoms with Crippen LogP contribution in [0.25, 0.3) is 11.1 Å². The fraction of sp³-hybridized carbons (Fsp3) is 0.148. The van der Waals surface area contributed by atoms with Crippen molar-refractivity contribution < 1.29 is 23.6 Å². The monoisotopic (exact) mass is 473 g/mol. The number of halogens is 1. The zero-order valence-corrected chi connectivity index (χ0v) is 19.2. The molecule has 1 unspecified atom stereocenters. The van der Waals surface area contributed by atoms with Gasteiger partial charge in [0.25, 0.3) is 0 Å². The van der Waals surface area contributed by atoms with Gasteiger partial charge in [-0.15, -0.1) is 0 Å². The maximum Gasteiger partial charge on any atom is 0.405 e.